The number of anilines is 1. The van der Waals surface area contributed by atoms with Gasteiger partial charge in [-0.15, -0.1) is 0 Å². The van der Waals surface area contributed by atoms with Crippen LogP contribution < -0.4 is 5.32 Å². The van der Waals surface area contributed by atoms with Crippen molar-refractivity contribution in [1.29, 1.82) is 5.26 Å². The molecule has 2 aromatic carbocycles. The molecule has 5 nitrogen and oxygen atoms in total. The summed E-state index contributed by atoms with van der Waals surface area (Å²) in [6.07, 6.45) is 3.53. The summed E-state index contributed by atoms with van der Waals surface area (Å²) >= 11 is 0. The SMILES string of the molecule is N#Cc1ccccc1NC(=O)c1ccc(-n2cccn2)cc1. The summed E-state index contributed by atoms with van der Waals surface area (Å²) in [5.74, 6) is -0.255. The highest BCUT2D eigenvalue weighted by Gasteiger charge is 2.09. The number of rotatable bonds is 3. The first kappa shape index (κ1) is 13.6. The Bertz CT molecular complexity index is 830. The van der Waals surface area contributed by atoms with E-state index in [0.717, 1.165) is 5.69 Å². The third kappa shape index (κ3) is 2.72. The number of nitriles is 1. The van der Waals surface area contributed by atoms with Crippen molar-refractivity contribution in [2.24, 2.45) is 0 Å². The molecule has 0 aliphatic heterocycles. The predicted molar refractivity (Wildman–Crippen MR) is 82.7 cm³/mol. The molecule has 0 radical (unpaired) electrons. The number of carbonyl (C=O) groups excluding carboxylic acids is 1. The molecule has 1 amide bonds. The predicted octanol–water partition coefficient (Wildman–Crippen LogP) is 3.00. The van der Waals surface area contributed by atoms with E-state index in [1.54, 1.807) is 47.3 Å². The van der Waals surface area contributed by atoms with Crippen LogP contribution in [0.25, 0.3) is 5.69 Å². The Morgan fingerprint density at radius 3 is 2.55 bits per heavy atom. The van der Waals surface area contributed by atoms with Crippen molar-refractivity contribution in [1.82, 2.24) is 9.78 Å². The summed E-state index contributed by atoms with van der Waals surface area (Å²) in [5.41, 5.74) is 2.33. The number of nitrogens with one attached hydrogen (secondary N) is 1. The maximum absolute atomic E-state index is 12.2. The number of hydrogen-bond donors (Lipinski definition) is 1. The van der Waals surface area contributed by atoms with Crippen LogP contribution in [0.5, 0.6) is 0 Å². The second-order valence-electron chi connectivity index (χ2n) is 4.61. The minimum absolute atomic E-state index is 0.255. The fourth-order valence-corrected chi connectivity index (χ4v) is 2.07. The Labute approximate surface area is 127 Å². The highest BCUT2D eigenvalue weighted by Crippen LogP contribution is 2.16. The zero-order chi connectivity index (χ0) is 15.4. The molecule has 0 spiro atoms. The van der Waals surface area contributed by atoms with Gasteiger partial charge in [-0.05, 0) is 42.5 Å². The van der Waals surface area contributed by atoms with Gasteiger partial charge in [-0.2, -0.15) is 10.4 Å². The Morgan fingerprint density at radius 2 is 1.86 bits per heavy atom. The molecule has 0 atom stereocenters. The van der Waals surface area contributed by atoms with Gasteiger partial charge in [0.25, 0.3) is 5.91 Å². The fraction of sp³-hybridized carbons (Fsp3) is 0. The molecule has 106 valence electrons. The van der Waals surface area contributed by atoms with Crippen molar-refractivity contribution in [3.05, 3.63) is 78.1 Å². The van der Waals surface area contributed by atoms with Crippen LogP contribution in [0, 0.1) is 11.3 Å². The van der Waals surface area contributed by atoms with Crippen molar-refractivity contribution in [2.75, 3.05) is 5.32 Å². The average Bonchev–Trinajstić information content (AvgIpc) is 3.10. The number of para-hydroxylation sites is 1. The average molecular weight is 288 g/mol. The molecule has 1 aromatic heterocycles. The van der Waals surface area contributed by atoms with Gasteiger partial charge in [0.1, 0.15) is 6.07 Å². The standard InChI is InChI=1S/C17H12N4O/c18-12-14-4-1-2-5-16(14)20-17(22)13-6-8-15(9-7-13)21-11-3-10-19-21/h1-11H,(H,20,22). The zero-order valence-corrected chi connectivity index (χ0v) is 11.6. The van der Waals surface area contributed by atoms with Gasteiger partial charge < -0.3 is 5.32 Å². The maximum Gasteiger partial charge on any atom is 0.255 e. The number of carbonyl (C=O) groups is 1. The summed E-state index contributed by atoms with van der Waals surface area (Å²) in [6, 6.07) is 17.9. The van der Waals surface area contributed by atoms with Crippen LogP contribution in [0.3, 0.4) is 0 Å². The van der Waals surface area contributed by atoms with Gasteiger partial charge >= 0.3 is 0 Å². The molecule has 0 aliphatic carbocycles. The van der Waals surface area contributed by atoms with Crippen molar-refractivity contribution in [2.45, 2.75) is 0 Å². The van der Waals surface area contributed by atoms with E-state index >= 15 is 0 Å². The van der Waals surface area contributed by atoms with Gasteiger partial charge in [0.05, 0.1) is 16.9 Å². The molecule has 1 N–H and O–H groups in total. The lowest BCUT2D eigenvalue weighted by Crippen LogP contribution is -2.12. The summed E-state index contributed by atoms with van der Waals surface area (Å²) in [6.45, 7) is 0. The van der Waals surface area contributed by atoms with Crippen LogP contribution in [0.1, 0.15) is 15.9 Å². The molecule has 22 heavy (non-hydrogen) atoms. The molecule has 5 heteroatoms. The lowest BCUT2D eigenvalue weighted by molar-refractivity contribution is 0.102. The monoisotopic (exact) mass is 288 g/mol. The van der Waals surface area contributed by atoms with Gasteiger partial charge in [-0.3, -0.25) is 4.79 Å². The van der Waals surface area contributed by atoms with Crippen LogP contribution in [0.2, 0.25) is 0 Å². The number of amides is 1. The summed E-state index contributed by atoms with van der Waals surface area (Å²) < 4.78 is 1.71. The van der Waals surface area contributed by atoms with E-state index in [-0.39, 0.29) is 5.91 Å². The van der Waals surface area contributed by atoms with E-state index in [2.05, 4.69) is 16.5 Å². The van der Waals surface area contributed by atoms with E-state index < -0.39 is 0 Å². The number of benzene rings is 2. The highest BCUT2D eigenvalue weighted by atomic mass is 16.1. The molecule has 3 rings (SSSR count). The smallest absolute Gasteiger partial charge is 0.255 e. The van der Waals surface area contributed by atoms with Crippen molar-refractivity contribution in [3.63, 3.8) is 0 Å². The Hall–Kier alpha value is -3.39. The van der Waals surface area contributed by atoms with Crippen molar-refractivity contribution >= 4 is 11.6 Å². The van der Waals surface area contributed by atoms with Gasteiger partial charge in [0.2, 0.25) is 0 Å². The minimum atomic E-state index is -0.255. The van der Waals surface area contributed by atoms with Crippen LogP contribution in [-0.2, 0) is 0 Å². The molecule has 1 heterocycles. The Balaban J connectivity index is 1.80. The molecule has 0 saturated carbocycles. The van der Waals surface area contributed by atoms with E-state index in [0.29, 0.717) is 16.8 Å². The van der Waals surface area contributed by atoms with Crippen LogP contribution >= 0.6 is 0 Å². The van der Waals surface area contributed by atoms with Gasteiger partial charge in [-0.1, -0.05) is 12.1 Å². The molecule has 0 unspecified atom stereocenters. The molecule has 0 fully saturated rings. The van der Waals surface area contributed by atoms with Crippen molar-refractivity contribution < 1.29 is 4.79 Å². The molecule has 0 aliphatic rings. The third-order valence-corrected chi connectivity index (χ3v) is 3.19. The second kappa shape index (κ2) is 5.94. The van der Waals surface area contributed by atoms with Crippen LogP contribution in [0.15, 0.2) is 67.0 Å². The second-order valence-corrected chi connectivity index (χ2v) is 4.61. The summed E-state index contributed by atoms with van der Waals surface area (Å²) in [7, 11) is 0. The normalized spacial score (nSPS) is 9.95. The van der Waals surface area contributed by atoms with E-state index in [9.17, 15) is 4.79 Å². The number of aromatic nitrogens is 2. The zero-order valence-electron chi connectivity index (χ0n) is 11.6. The van der Waals surface area contributed by atoms with Gasteiger partial charge in [0, 0.05) is 18.0 Å². The fourth-order valence-electron chi connectivity index (χ4n) is 2.07. The lowest BCUT2D eigenvalue weighted by Gasteiger charge is -2.07. The Kier molecular flexibility index (Phi) is 3.67. The number of hydrogen-bond acceptors (Lipinski definition) is 3. The molecule has 3 aromatic rings. The highest BCUT2D eigenvalue weighted by molar-refractivity contribution is 6.05. The molecular weight excluding hydrogens is 276 g/mol. The largest absolute Gasteiger partial charge is 0.321 e. The van der Waals surface area contributed by atoms with Crippen LogP contribution in [0.4, 0.5) is 5.69 Å². The first-order chi connectivity index (χ1) is 10.8. The van der Waals surface area contributed by atoms with E-state index in [1.807, 2.05) is 24.4 Å². The van der Waals surface area contributed by atoms with Crippen molar-refractivity contribution in [3.8, 4) is 11.8 Å². The molecule has 0 saturated heterocycles. The summed E-state index contributed by atoms with van der Waals surface area (Å²) in [4.78, 5) is 12.2. The quantitative estimate of drug-likeness (QED) is 0.805. The van der Waals surface area contributed by atoms with Gasteiger partial charge in [0.15, 0.2) is 0 Å². The number of nitrogens with zero attached hydrogens (tertiary/aromatic N) is 3. The maximum atomic E-state index is 12.2. The first-order valence-corrected chi connectivity index (χ1v) is 6.68. The third-order valence-electron chi connectivity index (χ3n) is 3.19. The molecule has 0 bridgehead atoms. The topological polar surface area (TPSA) is 70.7 Å². The molecular formula is C17H12N4O. The van der Waals surface area contributed by atoms with E-state index in [1.165, 1.54) is 0 Å². The van der Waals surface area contributed by atoms with Crippen LogP contribution in [-0.4, -0.2) is 15.7 Å². The van der Waals surface area contributed by atoms with E-state index in [4.69, 9.17) is 5.26 Å². The van der Waals surface area contributed by atoms with Gasteiger partial charge in [-0.25, -0.2) is 4.68 Å². The Morgan fingerprint density at radius 1 is 1.09 bits per heavy atom. The minimum Gasteiger partial charge on any atom is -0.321 e. The summed E-state index contributed by atoms with van der Waals surface area (Å²) in [5, 5.41) is 15.9. The lowest BCUT2D eigenvalue weighted by atomic mass is 10.1. The first-order valence-electron chi connectivity index (χ1n) is 6.68.